The molecule has 0 saturated heterocycles. The lowest BCUT2D eigenvalue weighted by atomic mass is 9.82. The molecule has 2 aromatic rings. The Morgan fingerprint density at radius 2 is 1.96 bits per heavy atom. The number of H-pyrrole nitrogens is 1. The van der Waals surface area contributed by atoms with Crippen molar-refractivity contribution in [1.29, 1.82) is 0 Å². The van der Waals surface area contributed by atoms with Gasteiger partial charge in [-0.1, -0.05) is 20.8 Å². The molecule has 0 amide bonds. The Kier molecular flexibility index (Phi) is 2.73. The van der Waals surface area contributed by atoms with E-state index in [4.69, 9.17) is 9.98 Å². The van der Waals surface area contributed by atoms with Crippen LogP contribution in [0.3, 0.4) is 0 Å². The van der Waals surface area contributed by atoms with Gasteiger partial charge in [0, 0.05) is 17.2 Å². The lowest BCUT2D eigenvalue weighted by molar-refractivity contribution is 0.584. The first-order chi connectivity index (χ1) is 10.9. The van der Waals surface area contributed by atoms with E-state index < -0.39 is 0 Å². The van der Waals surface area contributed by atoms with Gasteiger partial charge in [0.1, 0.15) is 17.7 Å². The van der Waals surface area contributed by atoms with Crippen molar-refractivity contribution in [2.45, 2.75) is 26.8 Å². The number of amidine groups is 1. The van der Waals surface area contributed by atoms with Crippen molar-refractivity contribution in [1.82, 2.24) is 4.98 Å². The molecule has 1 unspecified atom stereocenters. The third kappa shape index (κ3) is 2.00. The van der Waals surface area contributed by atoms with Gasteiger partial charge >= 0.3 is 0 Å². The van der Waals surface area contributed by atoms with Gasteiger partial charge in [-0.05, 0) is 35.4 Å². The summed E-state index contributed by atoms with van der Waals surface area (Å²) in [5.74, 6) is 0.382. The molecule has 0 spiro atoms. The number of aliphatic imine (C=N–C) groups is 2. The molecule has 1 aliphatic heterocycles. The van der Waals surface area contributed by atoms with Crippen LogP contribution in [0, 0.1) is 11.2 Å². The Labute approximate surface area is 132 Å². The first kappa shape index (κ1) is 14.1. The van der Waals surface area contributed by atoms with Crippen molar-refractivity contribution in [2.24, 2.45) is 15.4 Å². The maximum Gasteiger partial charge on any atom is 0.256 e. The molecule has 1 aliphatic carbocycles. The van der Waals surface area contributed by atoms with E-state index in [0.29, 0.717) is 11.1 Å². The van der Waals surface area contributed by atoms with Crippen molar-refractivity contribution < 1.29 is 4.39 Å². The van der Waals surface area contributed by atoms with E-state index in [-0.39, 0.29) is 22.8 Å². The second-order valence-electron chi connectivity index (χ2n) is 6.93. The number of benzene rings is 1. The van der Waals surface area contributed by atoms with Crippen molar-refractivity contribution >= 4 is 11.5 Å². The predicted molar refractivity (Wildman–Crippen MR) is 88.6 cm³/mol. The van der Waals surface area contributed by atoms with Gasteiger partial charge in [0.05, 0.1) is 11.3 Å². The molecule has 0 fully saturated rings. The van der Waals surface area contributed by atoms with E-state index in [0.717, 1.165) is 22.7 Å². The molecule has 1 atom stereocenters. The van der Waals surface area contributed by atoms with Gasteiger partial charge in [-0.15, -0.1) is 0 Å². The highest BCUT2D eigenvalue weighted by molar-refractivity contribution is 6.20. The number of hydrogen-bond donors (Lipinski definition) is 1. The topological polar surface area (TPSA) is 57.6 Å². The summed E-state index contributed by atoms with van der Waals surface area (Å²) in [6.45, 7) is 6.16. The third-order valence-electron chi connectivity index (χ3n) is 4.22. The van der Waals surface area contributed by atoms with Crippen LogP contribution in [0.2, 0.25) is 0 Å². The molecule has 0 bridgehead atoms. The average molecular weight is 309 g/mol. The van der Waals surface area contributed by atoms with Crippen LogP contribution in [0.25, 0.3) is 11.1 Å². The highest BCUT2D eigenvalue weighted by atomic mass is 19.1. The molecular formula is C18H16FN3O. The maximum absolute atomic E-state index is 13.7. The number of pyridine rings is 1. The van der Waals surface area contributed by atoms with Crippen molar-refractivity contribution in [3.05, 3.63) is 57.8 Å². The smallest absolute Gasteiger partial charge is 0.256 e. The monoisotopic (exact) mass is 309 g/mol. The van der Waals surface area contributed by atoms with Gasteiger partial charge in [-0.3, -0.25) is 9.79 Å². The second kappa shape index (κ2) is 4.47. The number of hydrogen-bond acceptors (Lipinski definition) is 3. The van der Waals surface area contributed by atoms with Gasteiger partial charge < -0.3 is 4.98 Å². The van der Waals surface area contributed by atoms with Gasteiger partial charge in [-0.25, -0.2) is 9.38 Å². The zero-order valence-electron chi connectivity index (χ0n) is 13.1. The Balaban J connectivity index is 2.07. The molecule has 0 radical (unpaired) electrons. The zero-order valence-corrected chi connectivity index (χ0v) is 13.1. The summed E-state index contributed by atoms with van der Waals surface area (Å²) in [6.07, 6.45) is 1.60. The molecule has 0 saturated carbocycles. The van der Waals surface area contributed by atoms with Crippen LogP contribution in [-0.2, 0) is 0 Å². The van der Waals surface area contributed by atoms with Crippen LogP contribution >= 0.6 is 0 Å². The number of nitrogens with zero attached hydrogens (tertiary/aromatic N) is 2. The summed E-state index contributed by atoms with van der Waals surface area (Å²) < 4.78 is 13.7. The summed E-state index contributed by atoms with van der Waals surface area (Å²) in [5, 5.41) is 0. The summed E-state index contributed by atoms with van der Waals surface area (Å²) in [7, 11) is 0. The van der Waals surface area contributed by atoms with E-state index in [9.17, 15) is 9.18 Å². The minimum atomic E-state index is -0.369. The molecule has 4 rings (SSSR count). The molecule has 23 heavy (non-hydrogen) atoms. The lowest BCUT2D eigenvalue weighted by Crippen LogP contribution is -2.23. The van der Waals surface area contributed by atoms with Crippen molar-refractivity contribution in [2.75, 3.05) is 0 Å². The standard InChI is InChI=1S/C18H16FN3O/c1-18(2,3)17-21-14-10-5-4-9(19)8-12(10)13-11(15(14)22-17)6-7-20-16(13)23/h4-8,15H,1-3H3,(H,20,23). The number of aromatic amines is 1. The molecule has 1 aromatic carbocycles. The minimum absolute atomic E-state index is 0.189. The molecule has 1 aromatic heterocycles. The van der Waals surface area contributed by atoms with Crippen LogP contribution in [0.1, 0.15) is 37.9 Å². The van der Waals surface area contributed by atoms with Crippen LogP contribution in [-0.4, -0.2) is 16.5 Å². The van der Waals surface area contributed by atoms with Gasteiger partial charge in [-0.2, -0.15) is 0 Å². The maximum atomic E-state index is 13.7. The van der Waals surface area contributed by atoms with E-state index in [1.807, 2.05) is 6.07 Å². The molecule has 1 N–H and O–H groups in total. The number of aromatic nitrogens is 1. The predicted octanol–water partition coefficient (Wildman–Crippen LogP) is 3.48. The van der Waals surface area contributed by atoms with Crippen LogP contribution < -0.4 is 5.56 Å². The SMILES string of the molecule is CC(C)(C)C1=NC2C(=N1)c1ccc(F)cc1-c1c2cc[nH]c1=O. The molecule has 2 aliphatic rings. The van der Waals surface area contributed by atoms with Crippen molar-refractivity contribution in [3.8, 4) is 11.1 Å². The fourth-order valence-electron chi connectivity index (χ4n) is 3.12. The normalized spacial score (nSPS) is 18.7. The molecular weight excluding hydrogens is 293 g/mol. The number of halogens is 1. The van der Waals surface area contributed by atoms with E-state index >= 15 is 0 Å². The highest BCUT2D eigenvalue weighted by Crippen LogP contribution is 2.42. The van der Waals surface area contributed by atoms with Gasteiger partial charge in [0.15, 0.2) is 0 Å². The molecule has 2 heterocycles. The summed E-state index contributed by atoms with van der Waals surface area (Å²) in [6, 6.07) is 6.03. The lowest BCUT2D eigenvalue weighted by Gasteiger charge is -2.23. The average Bonchev–Trinajstić information content (AvgIpc) is 2.92. The Bertz CT molecular complexity index is 947. The number of rotatable bonds is 0. The summed E-state index contributed by atoms with van der Waals surface area (Å²) >= 11 is 0. The largest absolute Gasteiger partial charge is 0.329 e. The zero-order chi connectivity index (χ0) is 16.4. The fourth-order valence-corrected chi connectivity index (χ4v) is 3.12. The van der Waals surface area contributed by atoms with Gasteiger partial charge in [0.25, 0.3) is 5.56 Å². The Hall–Kier alpha value is -2.56. The number of nitrogens with one attached hydrogen (secondary N) is 1. The number of fused-ring (bicyclic) bond motifs is 6. The second-order valence-corrected chi connectivity index (χ2v) is 6.93. The molecule has 116 valence electrons. The van der Waals surface area contributed by atoms with E-state index in [2.05, 4.69) is 25.8 Å². The summed E-state index contributed by atoms with van der Waals surface area (Å²) in [5.41, 5.74) is 3.02. The first-order valence-corrected chi connectivity index (χ1v) is 7.55. The fraction of sp³-hybridized carbons (Fsp3) is 0.278. The van der Waals surface area contributed by atoms with Gasteiger partial charge in [0.2, 0.25) is 0 Å². The van der Waals surface area contributed by atoms with Crippen LogP contribution in [0.4, 0.5) is 4.39 Å². The van der Waals surface area contributed by atoms with Crippen molar-refractivity contribution in [3.63, 3.8) is 0 Å². The highest BCUT2D eigenvalue weighted by Gasteiger charge is 2.37. The van der Waals surface area contributed by atoms with E-state index in [1.54, 1.807) is 12.3 Å². The molecule has 5 heteroatoms. The van der Waals surface area contributed by atoms with Crippen LogP contribution in [0.15, 0.2) is 45.2 Å². The molecule has 4 nitrogen and oxygen atoms in total. The first-order valence-electron chi connectivity index (χ1n) is 7.55. The quantitative estimate of drug-likeness (QED) is 0.796. The Morgan fingerprint density at radius 1 is 1.17 bits per heavy atom. The Morgan fingerprint density at radius 3 is 2.70 bits per heavy atom. The van der Waals surface area contributed by atoms with E-state index in [1.165, 1.54) is 12.1 Å². The summed E-state index contributed by atoms with van der Waals surface area (Å²) in [4.78, 5) is 24.5. The minimum Gasteiger partial charge on any atom is -0.329 e. The van der Waals surface area contributed by atoms with Crippen LogP contribution in [0.5, 0.6) is 0 Å². The third-order valence-corrected chi connectivity index (χ3v) is 4.22.